The third kappa shape index (κ3) is 8.64. The lowest BCUT2D eigenvalue weighted by Gasteiger charge is -2.19. The molecule has 208 valence electrons. The van der Waals surface area contributed by atoms with Crippen LogP contribution in [-0.2, 0) is 15.9 Å². The zero-order valence-corrected chi connectivity index (χ0v) is 23.7. The van der Waals surface area contributed by atoms with Crippen LogP contribution in [0.3, 0.4) is 0 Å². The third-order valence-electron chi connectivity index (χ3n) is 5.38. The summed E-state index contributed by atoms with van der Waals surface area (Å²) in [5.74, 6) is 5.56. The Morgan fingerprint density at radius 3 is 2.23 bits per heavy atom. The Morgan fingerprint density at radius 1 is 0.925 bits per heavy atom. The molecule has 0 aliphatic rings. The van der Waals surface area contributed by atoms with Gasteiger partial charge in [0.15, 0.2) is 0 Å². The topological polar surface area (TPSA) is 122 Å². The third-order valence-corrected chi connectivity index (χ3v) is 5.38. The van der Waals surface area contributed by atoms with Gasteiger partial charge in [0.2, 0.25) is 0 Å². The van der Waals surface area contributed by atoms with Gasteiger partial charge in [0.05, 0.1) is 17.6 Å². The number of fused-ring (bicyclic) bond motifs is 1. The van der Waals surface area contributed by atoms with Crippen LogP contribution in [-0.4, -0.2) is 47.0 Å². The number of carbonyl (C=O) groups is 3. The SMILES string of the molecule is CC(C)(C)OC(=O)NCC#Cc1ccc(C(=O)NCCc2ccc3c(c2)c(C#N)cn3C(=O)OC(C)(C)C)cc1. The predicted molar refractivity (Wildman–Crippen MR) is 152 cm³/mol. The standard InChI is InChI=1S/C31H34N4O5/c1-30(2,3)39-28(37)34-16-7-8-21-9-12-23(13-10-21)27(36)33-17-15-22-11-14-26-25(18-22)24(19-32)20-35(26)29(38)40-31(4,5)6/h9-14,18,20H,15-17H2,1-6H3,(H,33,36)(H,34,37). The Hall–Kier alpha value is -4.76. The van der Waals surface area contributed by atoms with Crippen molar-refractivity contribution < 1.29 is 23.9 Å². The summed E-state index contributed by atoms with van der Waals surface area (Å²) in [4.78, 5) is 36.8. The summed E-state index contributed by atoms with van der Waals surface area (Å²) in [5.41, 5.74) is 1.84. The molecule has 0 spiro atoms. The van der Waals surface area contributed by atoms with Crippen LogP contribution >= 0.6 is 0 Å². The van der Waals surface area contributed by atoms with Gasteiger partial charge in [0, 0.05) is 29.3 Å². The molecule has 0 fully saturated rings. The molecule has 0 saturated carbocycles. The van der Waals surface area contributed by atoms with Crippen molar-refractivity contribution in [1.82, 2.24) is 15.2 Å². The lowest BCUT2D eigenvalue weighted by Crippen LogP contribution is -2.32. The van der Waals surface area contributed by atoms with Crippen LogP contribution < -0.4 is 10.6 Å². The summed E-state index contributed by atoms with van der Waals surface area (Å²) < 4.78 is 11.9. The highest BCUT2D eigenvalue weighted by molar-refractivity contribution is 5.95. The summed E-state index contributed by atoms with van der Waals surface area (Å²) >= 11 is 0. The van der Waals surface area contributed by atoms with E-state index < -0.39 is 23.4 Å². The summed E-state index contributed by atoms with van der Waals surface area (Å²) in [7, 11) is 0. The van der Waals surface area contributed by atoms with Gasteiger partial charge in [0.1, 0.15) is 17.3 Å². The van der Waals surface area contributed by atoms with E-state index in [4.69, 9.17) is 9.47 Å². The Kier molecular flexibility index (Phi) is 9.23. The van der Waals surface area contributed by atoms with Gasteiger partial charge in [-0.05, 0) is 89.9 Å². The largest absolute Gasteiger partial charge is 0.444 e. The molecule has 0 radical (unpaired) electrons. The molecule has 2 amide bonds. The molecule has 3 aromatic rings. The molecule has 0 bridgehead atoms. The number of aromatic nitrogens is 1. The minimum atomic E-state index is -0.660. The van der Waals surface area contributed by atoms with E-state index >= 15 is 0 Å². The van der Waals surface area contributed by atoms with Crippen molar-refractivity contribution in [2.75, 3.05) is 13.1 Å². The van der Waals surface area contributed by atoms with Crippen molar-refractivity contribution in [2.24, 2.45) is 0 Å². The van der Waals surface area contributed by atoms with E-state index in [1.54, 1.807) is 71.9 Å². The number of benzene rings is 2. The molecular weight excluding hydrogens is 508 g/mol. The lowest BCUT2D eigenvalue weighted by atomic mass is 10.1. The minimum absolute atomic E-state index is 0.143. The van der Waals surface area contributed by atoms with Crippen molar-refractivity contribution >= 4 is 29.0 Å². The number of carbonyl (C=O) groups excluding carboxylic acids is 3. The van der Waals surface area contributed by atoms with Crippen molar-refractivity contribution in [1.29, 1.82) is 5.26 Å². The molecule has 40 heavy (non-hydrogen) atoms. The number of rotatable bonds is 5. The molecule has 1 aromatic heterocycles. The van der Waals surface area contributed by atoms with Gasteiger partial charge < -0.3 is 20.1 Å². The molecule has 2 N–H and O–H groups in total. The zero-order valence-electron chi connectivity index (χ0n) is 23.7. The van der Waals surface area contributed by atoms with Crippen LogP contribution in [0.4, 0.5) is 9.59 Å². The Morgan fingerprint density at radius 2 is 1.60 bits per heavy atom. The van der Waals surface area contributed by atoms with Crippen molar-refractivity contribution in [2.45, 2.75) is 59.2 Å². The van der Waals surface area contributed by atoms with Gasteiger partial charge >= 0.3 is 12.2 Å². The van der Waals surface area contributed by atoms with Gasteiger partial charge in [-0.25, -0.2) is 9.59 Å². The quantitative estimate of drug-likeness (QED) is 0.430. The Labute approximate surface area is 234 Å². The number of hydrogen-bond donors (Lipinski definition) is 2. The number of amides is 2. The summed E-state index contributed by atoms with van der Waals surface area (Å²) in [6.07, 6.45) is 0.945. The van der Waals surface area contributed by atoms with Crippen LogP contribution in [0.2, 0.25) is 0 Å². The van der Waals surface area contributed by atoms with Crippen LogP contribution in [0.1, 0.15) is 68.6 Å². The van der Waals surface area contributed by atoms with Crippen LogP contribution in [0.25, 0.3) is 10.9 Å². The maximum Gasteiger partial charge on any atom is 0.419 e. The fraction of sp³-hybridized carbons (Fsp3) is 0.355. The summed E-state index contributed by atoms with van der Waals surface area (Å²) in [6, 6.07) is 14.5. The van der Waals surface area contributed by atoms with E-state index in [0.29, 0.717) is 40.6 Å². The van der Waals surface area contributed by atoms with Gasteiger partial charge in [-0.3, -0.25) is 9.36 Å². The zero-order chi connectivity index (χ0) is 29.5. The van der Waals surface area contributed by atoms with Crippen LogP contribution in [0.5, 0.6) is 0 Å². The summed E-state index contributed by atoms with van der Waals surface area (Å²) in [5, 5.41) is 15.7. The smallest absolute Gasteiger partial charge is 0.419 e. The molecule has 1 heterocycles. The Bertz CT molecular complexity index is 1500. The molecule has 3 rings (SSSR count). The second kappa shape index (κ2) is 12.4. The van der Waals surface area contributed by atoms with Gasteiger partial charge in [0.25, 0.3) is 5.91 Å². The molecule has 2 aromatic carbocycles. The molecule has 0 atom stereocenters. The molecule has 0 aliphatic carbocycles. The van der Waals surface area contributed by atoms with Crippen molar-refractivity contribution in [3.05, 3.63) is 70.9 Å². The first kappa shape index (κ1) is 29.8. The number of hydrogen-bond acceptors (Lipinski definition) is 6. The number of alkyl carbamates (subject to hydrolysis) is 1. The van der Waals surface area contributed by atoms with Crippen molar-refractivity contribution in [3.8, 4) is 17.9 Å². The molecule has 0 unspecified atom stereocenters. The number of nitrogens with one attached hydrogen (secondary N) is 2. The van der Waals surface area contributed by atoms with Crippen LogP contribution in [0, 0.1) is 23.2 Å². The molecule has 0 aliphatic heterocycles. The first-order valence-corrected chi connectivity index (χ1v) is 12.9. The maximum atomic E-state index is 12.6. The van der Waals surface area contributed by atoms with E-state index in [0.717, 1.165) is 5.56 Å². The average molecular weight is 543 g/mol. The molecule has 9 heteroatoms. The van der Waals surface area contributed by atoms with E-state index in [2.05, 4.69) is 28.5 Å². The highest BCUT2D eigenvalue weighted by Crippen LogP contribution is 2.24. The summed E-state index contributed by atoms with van der Waals surface area (Å²) in [6.45, 7) is 11.2. The first-order chi connectivity index (χ1) is 18.8. The van der Waals surface area contributed by atoms with E-state index in [1.807, 2.05) is 12.1 Å². The molecular formula is C31H34N4O5. The number of ether oxygens (including phenoxy) is 2. The predicted octanol–water partition coefficient (Wildman–Crippen LogP) is 5.14. The monoisotopic (exact) mass is 542 g/mol. The average Bonchev–Trinajstić information content (AvgIpc) is 3.23. The van der Waals surface area contributed by atoms with Crippen LogP contribution in [0.15, 0.2) is 48.7 Å². The molecule has 9 nitrogen and oxygen atoms in total. The van der Waals surface area contributed by atoms with Gasteiger partial charge in [-0.2, -0.15) is 5.26 Å². The highest BCUT2D eigenvalue weighted by Gasteiger charge is 2.21. The van der Waals surface area contributed by atoms with E-state index in [9.17, 15) is 19.6 Å². The highest BCUT2D eigenvalue weighted by atomic mass is 16.6. The second-order valence-corrected chi connectivity index (χ2v) is 11.1. The van der Waals surface area contributed by atoms with Gasteiger partial charge in [-0.1, -0.05) is 17.9 Å². The lowest BCUT2D eigenvalue weighted by molar-refractivity contribution is 0.0527. The fourth-order valence-electron chi connectivity index (χ4n) is 3.69. The van der Waals surface area contributed by atoms with E-state index in [-0.39, 0.29) is 12.5 Å². The fourth-order valence-corrected chi connectivity index (χ4v) is 3.69. The Balaban J connectivity index is 1.55. The molecule has 0 saturated heterocycles. The number of nitrogens with zero attached hydrogens (tertiary/aromatic N) is 2. The first-order valence-electron chi connectivity index (χ1n) is 12.9. The normalized spacial score (nSPS) is 11.1. The minimum Gasteiger partial charge on any atom is -0.444 e. The number of nitriles is 1. The van der Waals surface area contributed by atoms with Gasteiger partial charge in [-0.15, -0.1) is 0 Å². The van der Waals surface area contributed by atoms with Crippen molar-refractivity contribution in [3.63, 3.8) is 0 Å². The second-order valence-electron chi connectivity index (χ2n) is 11.1. The maximum absolute atomic E-state index is 12.6. The van der Waals surface area contributed by atoms with E-state index in [1.165, 1.54) is 10.8 Å².